The monoisotopic (exact) mass is 615 g/mol. The van der Waals surface area contributed by atoms with Gasteiger partial charge in [-0.1, -0.05) is 11.6 Å². The molecule has 41 heavy (non-hydrogen) atoms. The van der Waals surface area contributed by atoms with Crippen molar-refractivity contribution in [3.05, 3.63) is 35.0 Å². The van der Waals surface area contributed by atoms with Crippen molar-refractivity contribution in [2.24, 2.45) is 5.41 Å². The number of nitrogens with zero attached hydrogens (tertiary/aromatic N) is 4. The van der Waals surface area contributed by atoms with Crippen molar-refractivity contribution in [1.82, 2.24) is 14.9 Å². The molecule has 2 aliphatic heterocycles. The minimum atomic E-state index is -4.68. The molecule has 13 heteroatoms. The SMILES string of the molecule is CC(C)N1CCC2(CC1)CC(S(=O)(=O)c1ccc(Nc3ncc(C(F)(F)F)c(N4CCC[C@](C)(O)C4)n3)c(Cl)c1)C2. The Hall–Kier alpha value is -2.15. The first-order chi connectivity index (χ1) is 19.1. The van der Waals surface area contributed by atoms with Gasteiger partial charge >= 0.3 is 6.18 Å². The fraction of sp³-hybridized carbons (Fsp3) is 0.643. The summed E-state index contributed by atoms with van der Waals surface area (Å²) in [7, 11) is -3.59. The summed E-state index contributed by atoms with van der Waals surface area (Å²) < 4.78 is 68.1. The second kappa shape index (κ2) is 10.8. The molecule has 1 atom stereocenters. The largest absolute Gasteiger partial charge is 0.421 e. The Kier molecular flexibility index (Phi) is 8.02. The number of β-amino-alcohol motifs (C(OH)–C–C–N with tert-alkyl or cyclic N) is 1. The topological polar surface area (TPSA) is 98.7 Å². The van der Waals surface area contributed by atoms with Crippen LogP contribution in [-0.2, 0) is 16.0 Å². The van der Waals surface area contributed by atoms with Crippen LogP contribution in [0.25, 0.3) is 0 Å². The summed E-state index contributed by atoms with van der Waals surface area (Å²) in [6.07, 6.45) is 0.307. The third-order valence-electron chi connectivity index (χ3n) is 8.91. The Bertz CT molecular complexity index is 1390. The number of aliphatic hydroxyl groups is 1. The van der Waals surface area contributed by atoms with E-state index in [-0.39, 0.29) is 39.3 Å². The van der Waals surface area contributed by atoms with Crippen LogP contribution in [0.2, 0.25) is 5.02 Å². The molecule has 0 bridgehead atoms. The van der Waals surface area contributed by atoms with Gasteiger partial charge in [-0.15, -0.1) is 0 Å². The molecule has 0 amide bonds. The highest BCUT2D eigenvalue weighted by Gasteiger charge is 2.51. The molecule has 2 N–H and O–H groups in total. The number of likely N-dealkylation sites (tertiary alicyclic amines) is 1. The summed E-state index contributed by atoms with van der Waals surface area (Å²) in [6.45, 7) is 8.22. The van der Waals surface area contributed by atoms with E-state index in [1.54, 1.807) is 6.92 Å². The van der Waals surface area contributed by atoms with Crippen molar-refractivity contribution in [3.63, 3.8) is 0 Å². The van der Waals surface area contributed by atoms with Gasteiger partial charge in [0.05, 0.1) is 26.5 Å². The van der Waals surface area contributed by atoms with Gasteiger partial charge in [0, 0.05) is 25.3 Å². The maximum Gasteiger partial charge on any atom is 0.421 e. The van der Waals surface area contributed by atoms with Crippen LogP contribution >= 0.6 is 11.6 Å². The molecular formula is C28H37ClF3N5O3S. The molecule has 0 radical (unpaired) electrons. The summed E-state index contributed by atoms with van der Waals surface area (Å²) in [4.78, 5) is 12.0. The van der Waals surface area contributed by atoms with Crippen LogP contribution in [0, 0.1) is 5.41 Å². The van der Waals surface area contributed by atoms with E-state index in [1.165, 1.54) is 23.1 Å². The van der Waals surface area contributed by atoms with Crippen LogP contribution in [0.15, 0.2) is 29.3 Å². The Labute approximate surface area is 244 Å². The quantitative estimate of drug-likeness (QED) is 0.429. The lowest BCUT2D eigenvalue weighted by molar-refractivity contribution is -0.137. The molecule has 1 saturated carbocycles. The first kappa shape index (κ1) is 30.3. The fourth-order valence-corrected chi connectivity index (χ4v) is 8.77. The molecule has 1 aliphatic carbocycles. The normalized spacial score (nSPS) is 24.1. The highest BCUT2D eigenvalue weighted by molar-refractivity contribution is 7.92. The van der Waals surface area contributed by atoms with E-state index in [0.29, 0.717) is 44.5 Å². The molecule has 226 valence electrons. The van der Waals surface area contributed by atoms with Gasteiger partial charge in [-0.3, -0.25) is 0 Å². The standard InChI is InChI=1S/C28H37ClF3N5O3S/c1-18(2)36-11-8-27(9-12-36)14-20(15-27)41(39,40)19-5-6-23(22(29)13-19)34-25-33-16-21(28(30,31)32)24(35-25)37-10-4-7-26(3,38)17-37/h5-6,13,16,18,20,38H,4,7-12,14-15,17H2,1-3H3,(H,33,34,35)/t26-/m0/s1. The van der Waals surface area contributed by atoms with Gasteiger partial charge in [0.2, 0.25) is 5.95 Å². The molecule has 5 rings (SSSR count). The van der Waals surface area contributed by atoms with Gasteiger partial charge < -0.3 is 20.2 Å². The van der Waals surface area contributed by atoms with Crippen LogP contribution in [0.3, 0.4) is 0 Å². The maximum absolute atomic E-state index is 13.8. The number of sulfone groups is 1. The summed E-state index contributed by atoms with van der Waals surface area (Å²) >= 11 is 6.46. The zero-order valence-corrected chi connectivity index (χ0v) is 25.1. The minimum absolute atomic E-state index is 0.00171. The van der Waals surface area contributed by atoms with Crippen molar-refractivity contribution in [2.45, 2.75) is 87.3 Å². The molecule has 8 nitrogen and oxygen atoms in total. The van der Waals surface area contributed by atoms with Crippen molar-refractivity contribution in [1.29, 1.82) is 0 Å². The average molecular weight is 616 g/mol. The third kappa shape index (κ3) is 6.30. The minimum Gasteiger partial charge on any atom is -0.388 e. The van der Waals surface area contributed by atoms with E-state index in [9.17, 15) is 26.7 Å². The number of nitrogens with one attached hydrogen (secondary N) is 1. The summed E-state index contributed by atoms with van der Waals surface area (Å²) in [5.74, 6) is -0.451. The zero-order chi connectivity index (χ0) is 29.8. The van der Waals surface area contributed by atoms with Gasteiger partial charge in [-0.2, -0.15) is 18.2 Å². The summed E-state index contributed by atoms with van der Waals surface area (Å²) in [5, 5.41) is 12.9. The van der Waals surface area contributed by atoms with Crippen LogP contribution in [0.4, 0.5) is 30.6 Å². The smallest absolute Gasteiger partial charge is 0.388 e. The summed E-state index contributed by atoms with van der Waals surface area (Å²) in [6, 6.07) is 4.81. The molecule has 3 aliphatic rings. The number of anilines is 3. The lowest BCUT2D eigenvalue weighted by Gasteiger charge is -2.52. The van der Waals surface area contributed by atoms with Crippen molar-refractivity contribution < 1.29 is 26.7 Å². The number of aromatic nitrogens is 2. The van der Waals surface area contributed by atoms with Crippen molar-refractivity contribution >= 4 is 38.9 Å². The van der Waals surface area contributed by atoms with E-state index in [1.807, 2.05) is 0 Å². The van der Waals surface area contributed by atoms with E-state index in [2.05, 4.69) is 34.0 Å². The molecule has 1 aromatic heterocycles. The van der Waals surface area contributed by atoms with Gasteiger partial charge in [-0.05, 0) is 96.0 Å². The van der Waals surface area contributed by atoms with Gasteiger partial charge in [-0.25, -0.2) is 13.4 Å². The highest BCUT2D eigenvalue weighted by Crippen LogP contribution is 2.53. The van der Waals surface area contributed by atoms with E-state index < -0.39 is 32.4 Å². The fourth-order valence-electron chi connectivity index (χ4n) is 6.41. The first-order valence-electron chi connectivity index (χ1n) is 14.0. The van der Waals surface area contributed by atoms with E-state index in [4.69, 9.17) is 11.6 Å². The first-order valence-corrected chi connectivity index (χ1v) is 16.0. The highest BCUT2D eigenvalue weighted by atomic mass is 35.5. The molecular weight excluding hydrogens is 579 g/mol. The molecule has 2 saturated heterocycles. The number of alkyl halides is 3. The van der Waals surface area contributed by atoms with Crippen LogP contribution in [-0.4, -0.2) is 71.5 Å². The molecule has 2 aromatic rings. The van der Waals surface area contributed by atoms with Crippen LogP contribution < -0.4 is 10.2 Å². The zero-order valence-electron chi connectivity index (χ0n) is 23.5. The predicted octanol–water partition coefficient (Wildman–Crippen LogP) is 5.67. The second-order valence-corrected chi connectivity index (χ2v) is 15.1. The number of rotatable bonds is 6. The Morgan fingerprint density at radius 2 is 1.83 bits per heavy atom. The molecule has 3 fully saturated rings. The molecule has 1 spiro atoms. The number of hydrogen-bond acceptors (Lipinski definition) is 8. The summed E-state index contributed by atoms with van der Waals surface area (Å²) in [5.41, 5.74) is -1.78. The number of halogens is 4. The lowest BCUT2D eigenvalue weighted by atomic mass is 9.63. The number of hydrogen-bond donors (Lipinski definition) is 2. The second-order valence-electron chi connectivity index (χ2n) is 12.4. The van der Waals surface area contributed by atoms with Gasteiger partial charge in [0.25, 0.3) is 0 Å². The van der Waals surface area contributed by atoms with Crippen LogP contribution in [0.1, 0.15) is 64.9 Å². The van der Waals surface area contributed by atoms with Crippen LogP contribution in [0.5, 0.6) is 0 Å². The number of benzene rings is 1. The van der Waals surface area contributed by atoms with Gasteiger partial charge in [0.15, 0.2) is 9.84 Å². The molecule has 0 unspecified atom stereocenters. The average Bonchev–Trinajstić information content (AvgIpc) is 2.87. The third-order valence-corrected chi connectivity index (χ3v) is 11.3. The Balaban J connectivity index is 1.31. The Morgan fingerprint density at radius 3 is 2.41 bits per heavy atom. The van der Waals surface area contributed by atoms with Crippen molar-refractivity contribution in [2.75, 3.05) is 36.4 Å². The van der Waals surface area contributed by atoms with Gasteiger partial charge in [0.1, 0.15) is 11.4 Å². The molecule has 1 aromatic carbocycles. The van der Waals surface area contributed by atoms with E-state index in [0.717, 1.165) is 25.9 Å². The number of piperidine rings is 2. The van der Waals surface area contributed by atoms with Crippen molar-refractivity contribution in [3.8, 4) is 0 Å². The van der Waals surface area contributed by atoms with E-state index >= 15 is 0 Å². The Morgan fingerprint density at radius 1 is 1.15 bits per heavy atom. The molecule has 3 heterocycles. The lowest BCUT2D eigenvalue weighted by Crippen LogP contribution is -2.52. The maximum atomic E-state index is 13.8. The predicted molar refractivity (Wildman–Crippen MR) is 152 cm³/mol.